The average molecular weight is 458 g/mol. The summed E-state index contributed by atoms with van der Waals surface area (Å²) in [5.74, 6) is 0.333. The van der Waals surface area contributed by atoms with E-state index in [0.29, 0.717) is 34.2 Å². The van der Waals surface area contributed by atoms with Crippen molar-refractivity contribution in [3.63, 3.8) is 0 Å². The molecule has 2 aromatic carbocycles. The number of rotatable bonds is 6. The average Bonchev–Trinajstić information content (AvgIpc) is 3.43. The fourth-order valence-electron chi connectivity index (χ4n) is 3.31. The Hall–Kier alpha value is -3.10. The molecule has 1 N–H and O–H groups in total. The van der Waals surface area contributed by atoms with Gasteiger partial charge in [-0.25, -0.2) is 13.4 Å². The minimum atomic E-state index is -3.35. The van der Waals surface area contributed by atoms with Gasteiger partial charge < -0.3 is 4.42 Å². The van der Waals surface area contributed by atoms with Crippen LogP contribution in [0.1, 0.15) is 41.1 Å². The van der Waals surface area contributed by atoms with E-state index in [-0.39, 0.29) is 11.7 Å². The second-order valence-corrected chi connectivity index (χ2v) is 9.47. The lowest BCUT2D eigenvalue weighted by Gasteiger charge is -2.20. The Morgan fingerprint density at radius 2 is 1.97 bits per heavy atom. The number of furan rings is 1. The topological polar surface area (TPSA) is 92.0 Å². The summed E-state index contributed by atoms with van der Waals surface area (Å²) < 4.78 is 31.6. The molecule has 3 aromatic rings. The molecule has 0 spiro atoms. The third kappa shape index (κ3) is 4.65. The quantitative estimate of drug-likeness (QED) is 0.581. The molecule has 0 bridgehead atoms. The molecule has 0 aliphatic carbocycles. The van der Waals surface area contributed by atoms with Crippen LogP contribution in [0.25, 0.3) is 0 Å². The monoisotopic (exact) mass is 457 g/mol. The lowest BCUT2D eigenvalue weighted by Crippen LogP contribution is -2.26. The predicted molar refractivity (Wildman–Crippen MR) is 120 cm³/mol. The lowest BCUT2D eigenvalue weighted by atomic mass is 10.0. The van der Waals surface area contributed by atoms with Crippen LogP contribution in [-0.2, 0) is 10.0 Å². The number of nitrogens with one attached hydrogen (secondary N) is 1. The first-order chi connectivity index (χ1) is 14.9. The highest BCUT2D eigenvalue weighted by Crippen LogP contribution is 2.34. The van der Waals surface area contributed by atoms with Crippen LogP contribution in [0.15, 0.2) is 76.4 Å². The van der Waals surface area contributed by atoms with Crippen molar-refractivity contribution < 1.29 is 17.6 Å². The summed E-state index contributed by atoms with van der Waals surface area (Å²) >= 11 is 6.05. The van der Waals surface area contributed by atoms with Crippen LogP contribution >= 0.6 is 11.6 Å². The Morgan fingerprint density at radius 1 is 1.19 bits per heavy atom. The number of carbonyl (C=O) groups is 1. The number of hydrogen-bond acceptors (Lipinski definition) is 5. The molecule has 9 heteroatoms. The molecule has 0 radical (unpaired) electrons. The molecular formula is C22H20ClN3O4S. The van der Waals surface area contributed by atoms with E-state index < -0.39 is 16.1 Å². The van der Waals surface area contributed by atoms with Gasteiger partial charge in [0.25, 0.3) is 5.91 Å². The van der Waals surface area contributed by atoms with Gasteiger partial charge in [-0.3, -0.25) is 9.52 Å². The van der Waals surface area contributed by atoms with E-state index in [1.165, 1.54) is 5.01 Å². The third-order valence-electron chi connectivity index (χ3n) is 4.93. The van der Waals surface area contributed by atoms with E-state index in [2.05, 4.69) is 9.82 Å². The second kappa shape index (κ2) is 8.56. The zero-order chi connectivity index (χ0) is 22.0. The summed E-state index contributed by atoms with van der Waals surface area (Å²) in [6.45, 7) is 1.57. The summed E-state index contributed by atoms with van der Waals surface area (Å²) in [7, 11) is -3.35. The fraction of sp³-hybridized carbons (Fsp3) is 0.182. The van der Waals surface area contributed by atoms with Crippen LogP contribution in [-0.4, -0.2) is 30.8 Å². The van der Waals surface area contributed by atoms with Crippen molar-refractivity contribution in [3.8, 4) is 0 Å². The molecule has 160 valence electrons. The molecule has 1 aliphatic heterocycles. The fourth-order valence-corrected chi connectivity index (χ4v) is 4.14. The molecule has 1 aromatic heterocycles. The maximum absolute atomic E-state index is 13.2. The molecule has 1 atom stereocenters. The number of halogens is 1. The van der Waals surface area contributed by atoms with Crippen LogP contribution in [0.3, 0.4) is 0 Å². The minimum Gasteiger partial charge on any atom is -0.467 e. The van der Waals surface area contributed by atoms with Crippen LogP contribution in [0, 0.1) is 0 Å². The van der Waals surface area contributed by atoms with Crippen LogP contribution in [0.4, 0.5) is 5.69 Å². The predicted octanol–water partition coefficient (Wildman–Crippen LogP) is 4.69. The third-order valence-corrected chi connectivity index (χ3v) is 6.48. The standard InChI is InChI=1S/C22H20ClN3O4S/c1-2-31(28,29)25-18-10-8-15(9-11-18)19-14-20(21-7-4-12-30-21)26(24-19)22(27)16-5-3-6-17(23)13-16/h3-13,20,25H,2,14H2,1H3. The van der Waals surface area contributed by atoms with Crippen molar-refractivity contribution in [3.05, 3.63) is 88.8 Å². The molecule has 7 nitrogen and oxygen atoms in total. The number of hydrogen-bond donors (Lipinski definition) is 1. The lowest BCUT2D eigenvalue weighted by molar-refractivity contribution is 0.0693. The summed E-state index contributed by atoms with van der Waals surface area (Å²) in [5, 5.41) is 6.46. The van der Waals surface area contributed by atoms with Crippen LogP contribution < -0.4 is 4.72 Å². The number of nitrogens with zero attached hydrogens (tertiary/aromatic N) is 2. The van der Waals surface area contributed by atoms with Gasteiger partial charge in [0.2, 0.25) is 10.0 Å². The smallest absolute Gasteiger partial charge is 0.274 e. The van der Waals surface area contributed by atoms with Gasteiger partial charge in [-0.1, -0.05) is 29.8 Å². The van der Waals surface area contributed by atoms with Crippen molar-refractivity contribution >= 4 is 38.9 Å². The molecule has 0 fully saturated rings. The van der Waals surface area contributed by atoms with Gasteiger partial charge in [-0.15, -0.1) is 0 Å². The first kappa shape index (κ1) is 21.1. The molecule has 0 saturated heterocycles. The molecule has 1 aliphatic rings. The number of benzene rings is 2. The van der Waals surface area contributed by atoms with Crippen LogP contribution in [0.5, 0.6) is 0 Å². The van der Waals surface area contributed by atoms with Crippen molar-refractivity contribution in [2.75, 3.05) is 10.5 Å². The minimum absolute atomic E-state index is 0.00708. The van der Waals surface area contributed by atoms with E-state index in [4.69, 9.17) is 16.0 Å². The number of hydrazone groups is 1. The molecular weight excluding hydrogens is 438 g/mol. The molecule has 1 amide bonds. The van der Waals surface area contributed by atoms with E-state index in [9.17, 15) is 13.2 Å². The normalized spacial score (nSPS) is 16.3. The second-order valence-electron chi connectivity index (χ2n) is 7.02. The Labute approximate surface area is 185 Å². The summed E-state index contributed by atoms with van der Waals surface area (Å²) in [5.41, 5.74) is 2.39. The highest BCUT2D eigenvalue weighted by atomic mass is 35.5. The number of carbonyl (C=O) groups excluding carboxylic acids is 1. The van der Waals surface area contributed by atoms with Gasteiger partial charge in [0.05, 0.1) is 17.7 Å². The number of amides is 1. The Kier molecular flexibility index (Phi) is 5.84. The molecule has 2 heterocycles. The van der Waals surface area contributed by atoms with Gasteiger partial charge in [0.15, 0.2) is 0 Å². The summed E-state index contributed by atoms with van der Waals surface area (Å²) in [6.07, 6.45) is 2.02. The van der Waals surface area contributed by atoms with E-state index in [0.717, 1.165) is 5.56 Å². The van der Waals surface area contributed by atoms with Gasteiger partial charge >= 0.3 is 0 Å². The summed E-state index contributed by atoms with van der Waals surface area (Å²) in [4.78, 5) is 13.2. The van der Waals surface area contributed by atoms with Gasteiger partial charge in [0.1, 0.15) is 11.8 Å². The first-order valence-electron chi connectivity index (χ1n) is 9.67. The van der Waals surface area contributed by atoms with Gasteiger partial charge in [0, 0.05) is 22.7 Å². The number of sulfonamides is 1. The van der Waals surface area contributed by atoms with Crippen molar-refractivity contribution in [2.24, 2.45) is 5.10 Å². The zero-order valence-electron chi connectivity index (χ0n) is 16.7. The van der Waals surface area contributed by atoms with E-state index in [1.54, 1.807) is 67.8 Å². The highest BCUT2D eigenvalue weighted by molar-refractivity contribution is 7.92. The molecule has 1 unspecified atom stereocenters. The molecule has 0 saturated carbocycles. The maximum atomic E-state index is 13.2. The SMILES string of the molecule is CCS(=O)(=O)Nc1ccc(C2=NN(C(=O)c3cccc(Cl)c3)C(c3ccco3)C2)cc1. The molecule has 31 heavy (non-hydrogen) atoms. The van der Waals surface area contributed by atoms with Crippen LogP contribution in [0.2, 0.25) is 5.02 Å². The Morgan fingerprint density at radius 3 is 2.61 bits per heavy atom. The maximum Gasteiger partial charge on any atom is 0.274 e. The van der Waals surface area contributed by atoms with Crippen molar-refractivity contribution in [1.29, 1.82) is 0 Å². The largest absolute Gasteiger partial charge is 0.467 e. The van der Waals surface area contributed by atoms with Crippen molar-refractivity contribution in [2.45, 2.75) is 19.4 Å². The van der Waals surface area contributed by atoms with Gasteiger partial charge in [-0.05, 0) is 55.0 Å². The van der Waals surface area contributed by atoms with Gasteiger partial charge in [-0.2, -0.15) is 5.10 Å². The highest BCUT2D eigenvalue weighted by Gasteiger charge is 2.35. The number of anilines is 1. The van der Waals surface area contributed by atoms with Crippen molar-refractivity contribution in [1.82, 2.24) is 5.01 Å². The summed E-state index contributed by atoms with van der Waals surface area (Å²) in [6, 6.07) is 16.8. The Bertz CT molecular complexity index is 1220. The van der Waals surface area contributed by atoms with E-state index >= 15 is 0 Å². The molecule has 4 rings (SSSR count). The first-order valence-corrected chi connectivity index (χ1v) is 11.7. The van der Waals surface area contributed by atoms with E-state index in [1.807, 2.05) is 6.07 Å². The zero-order valence-corrected chi connectivity index (χ0v) is 18.2. The Balaban J connectivity index is 1.64.